The van der Waals surface area contributed by atoms with Gasteiger partial charge in [-0.25, -0.2) is 4.79 Å². The first-order valence-electron chi connectivity index (χ1n) is 6.39. The van der Waals surface area contributed by atoms with Gasteiger partial charge in [0.05, 0.1) is 17.9 Å². The van der Waals surface area contributed by atoms with Gasteiger partial charge in [0.15, 0.2) is 0 Å². The molecule has 2 rings (SSSR count). The number of aromatic nitrogens is 4. The molecule has 2 aromatic heterocycles. The zero-order chi connectivity index (χ0) is 14.0. The van der Waals surface area contributed by atoms with Crippen molar-refractivity contribution in [2.24, 2.45) is 7.05 Å². The summed E-state index contributed by atoms with van der Waals surface area (Å²) >= 11 is 0. The van der Waals surface area contributed by atoms with Gasteiger partial charge >= 0.3 is 5.69 Å². The molecule has 0 aliphatic rings. The van der Waals surface area contributed by atoms with E-state index in [4.69, 9.17) is 0 Å². The van der Waals surface area contributed by atoms with Crippen molar-refractivity contribution in [1.29, 1.82) is 0 Å². The van der Waals surface area contributed by atoms with E-state index in [0.29, 0.717) is 18.5 Å². The molecule has 0 aliphatic carbocycles. The molecule has 1 N–H and O–H groups in total. The lowest BCUT2D eigenvalue weighted by Crippen LogP contribution is -2.32. The Balaban J connectivity index is 2.40. The molecule has 0 radical (unpaired) electrons. The number of nitrogens with zero attached hydrogens (tertiary/aromatic N) is 3. The lowest BCUT2D eigenvalue weighted by Gasteiger charge is -2.06. The fraction of sp³-hybridized carbons (Fsp3) is 0.462. The van der Waals surface area contributed by atoms with E-state index in [1.165, 1.54) is 4.57 Å². The third-order valence-electron chi connectivity index (χ3n) is 3.19. The fourth-order valence-electron chi connectivity index (χ4n) is 1.99. The molecule has 0 atom stereocenters. The largest absolute Gasteiger partial charge is 0.328 e. The van der Waals surface area contributed by atoms with Gasteiger partial charge in [-0.3, -0.25) is 19.0 Å². The predicted molar refractivity (Wildman–Crippen MR) is 72.4 cm³/mol. The Labute approximate surface area is 110 Å². The highest BCUT2D eigenvalue weighted by atomic mass is 16.2. The highest BCUT2D eigenvalue weighted by Crippen LogP contribution is 2.05. The third kappa shape index (κ3) is 2.67. The van der Waals surface area contributed by atoms with Crippen LogP contribution in [0.25, 0.3) is 0 Å². The number of nitrogens with one attached hydrogen (secondary N) is 1. The maximum atomic E-state index is 11.8. The summed E-state index contributed by atoms with van der Waals surface area (Å²) in [6, 6.07) is 1.98. The minimum atomic E-state index is -0.388. The minimum Gasteiger partial charge on any atom is -0.294 e. The molecule has 0 fully saturated rings. The van der Waals surface area contributed by atoms with Crippen LogP contribution >= 0.6 is 0 Å². The van der Waals surface area contributed by atoms with Gasteiger partial charge in [-0.1, -0.05) is 13.8 Å². The lowest BCUT2D eigenvalue weighted by atomic mass is 10.2. The summed E-state index contributed by atoms with van der Waals surface area (Å²) in [6.45, 7) is 4.33. The van der Waals surface area contributed by atoms with Crippen molar-refractivity contribution in [3.8, 4) is 0 Å². The van der Waals surface area contributed by atoms with E-state index >= 15 is 0 Å². The number of H-pyrrole nitrogens is 1. The normalized spacial score (nSPS) is 10.9. The maximum Gasteiger partial charge on any atom is 0.328 e. The van der Waals surface area contributed by atoms with E-state index in [1.807, 2.05) is 27.0 Å². The topological polar surface area (TPSA) is 72.7 Å². The minimum absolute atomic E-state index is 0.303. The molecule has 0 saturated heterocycles. The van der Waals surface area contributed by atoms with Crippen molar-refractivity contribution >= 4 is 0 Å². The quantitative estimate of drug-likeness (QED) is 0.869. The van der Waals surface area contributed by atoms with Crippen molar-refractivity contribution < 1.29 is 0 Å². The van der Waals surface area contributed by atoms with Crippen molar-refractivity contribution in [3.05, 3.63) is 50.1 Å². The predicted octanol–water partition coefficient (Wildman–Crippen LogP) is 0.443. The standard InChI is InChI=1S/C13H18N4O2/c1-4-9-7-17(13(19)14-12(9)18)8-11-6-10(5-2)15-16(11)3/h6-7H,4-5,8H2,1-3H3,(H,14,18,19). The van der Waals surface area contributed by atoms with Crippen LogP contribution in [0.3, 0.4) is 0 Å². The van der Waals surface area contributed by atoms with Crippen molar-refractivity contribution in [2.45, 2.75) is 33.2 Å². The van der Waals surface area contributed by atoms with Crippen molar-refractivity contribution in [1.82, 2.24) is 19.3 Å². The summed E-state index contributed by atoms with van der Waals surface area (Å²) in [5.74, 6) is 0. The molecule has 0 amide bonds. The smallest absolute Gasteiger partial charge is 0.294 e. The number of aromatic amines is 1. The van der Waals surface area contributed by atoms with Crippen LogP contribution in [0.5, 0.6) is 0 Å². The molecule has 0 aromatic carbocycles. The Morgan fingerprint density at radius 1 is 1.26 bits per heavy atom. The van der Waals surface area contributed by atoms with Crippen LogP contribution in [-0.4, -0.2) is 19.3 Å². The lowest BCUT2D eigenvalue weighted by molar-refractivity contribution is 0.632. The van der Waals surface area contributed by atoms with Gasteiger partial charge in [0.2, 0.25) is 0 Å². The summed E-state index contributed by atoms with van der Waals surface area (Å²) in [6.07, 6.45) is 3.08. The van der Waals surface area contributed by atoms with Gasteiger partial charge in [0.25, 0.3) is 5.56 Å². The molecule has 0 unspecified atom stereocenters. The first kappa shape index (κ1) is 13.3. The third-order valence-corrected chi connectivity index (χ3v) is 3.19. The zero-order valence-corrected chi connectivity index (χ0v) is 11.4. The summed E-state index contributed by atoms with van der Waals surface area (Å²) in [5.41, 5.74) is 1.85. The molecule has 0 spiro atoms. The van der Waals surface area contributed by atoms with Crippen LogP contribution in [0.2, 0.25) is 0 Å². The molecule has 19 heavy (non-hydrogen) atoms. The van der Waals surface area contributed by atoms with Crippen molar-refractivity contribution in [3.63, 3.8) is 0 Å². The van der Waals surface area contributed by atoms with Crippen LogP contribution in [0.4, 0.5) is 0 Å². The van der Waals surface area contributed by atoms with E-state index in [-0.39, 0.29) is 11.2 Å². The van der Waals surface area contributed by atoms with E-state index in [1.54, 1.807) is 10.9 Å². The van der Waals surface area contributed by atoms with Gasteiger partial charge in [-0.15, -0.1) is 0 Å². The van der Waals surface area contributed by atoms with Crippen LogP contribution in [0.1, 0.15) is 30.8 Å². The molecular formula is C13H18N4O2. The molecule has 6 nitrogen and oxygen atoms in total. The highest BCUT2D eigenvalue weighted by molar-refractivity contribution is 5.12. The van der Waals surface area contributed by atoms with Gasteiger partial charge in [0.1, 0.15) is 0 Å². The molecule has 102 valence electrons. The second-order valence-electron chi connectivity index (χ2n) is 4.50. The average Bonchev–Trinajstić information content (AvgIpc) is 2.73. The SMILES string of the molecule is CCc1cc(Cn2cc(CC)c(=O)[nH]c2=O)n(C)n1. The van der Waals surface area contributed by atoms with E-state index < -0.39 is 0 Å². The van der Waals surface area contributed by atoms with E-state index in [2.05, 4.69) is 10.1 Å². The summed E-state index contributed by atoms with van der Waals surface area (Å²) in [5, 5.41) is 4.34. The number of rotatable bonds is 4. The van der Waals surface area contributed by atoms with E-state index in [0.717, 1.165) is 17.8 Å². The summed E-state index contributed by atoms with van der Waals surface area (Å²) in [7, 11) is 1.85. The van der Waals surface area contributed by atoms with Gasteiger partial charge in [-0.05, 0) is 18.9 Å². The number of hydrogen-bond donors (Lipinski definition) is 1. The first-order chi connectivity index (χ1) is 9.05. The molecule has 2 aromatic rings. The van der Waals surface area contributed by atoms with E-state index in [9.17, 15) is 9.59 Å². The molecule has 2 heterocycles. The number of hydrogen-bond acceptors (Lipinski definition) is 3. The van der Waals surface area contributed by atoms with Crippen LogP contribution in [0, 0.1) is 0 Å². The van der Waals surface area contributed by atoms with Crippen molar-refractivity contribution in [2.75, 3.05) is 0 Å². The zero-order valence-electron chi connectivity index (χ0n) is 11.4. The van der Waals surface area contributed by atoms with Crippen LogP contribution in [0.15, 0.2) is 21.9 Å². The highest BCUT2D eigenvalue weighted by Gasteiger charge is 2.08. The van der Waals surface area contributed by atoms with Crippen LogP contribution < -0.4 is 11.2 Å². The Morgan fingerprint density at radius 2 is 2.00 bits per heavy atom. The van der Waals surface area contributed by atoms with Gasteiger partial charge in [0, 0.05) is 18.8 Å². The Hall–Kier alpha value is -2.11. The molecule has 0 aliphatic heterocycles. The molecule has 6 heteroatoms. The van der Waals surface area contributed by atoms with Gasteiger partial charge in [-0.2, -0.15) is 5.10 Å². The maximum absolute atomic E-state index is 11.8. The molecule has 0 saturated carbocycles. The van der Waals surface area contributed by atoms with Crippen LogP contribution in [-0.2, 0) is 26.4 Å². The Kier molecular flexibility index (Phi) is 3.69. The summed E-state index contributed by atoms with van der Waals surface area (Å²) < 4.78 is 3.28. The molecular weight excluding hydrogens is 244 g/mol. The average molecular weight is 262 g/mol. The van der Waals surface area contributed by atoms with Gasteiger partial charge < -0.3 is 0 Å². The monoisotopic (exact) mass is 262 g/mol. The summed E-state index contributed by atoms with van der Waals surface area (Å²) in [4.78, 5) is 25.6. The first-order valence-corrected chi connectivity index (χ1v) is 6.39. The Morgan fingerprint density at radius 3 is 2.58 bits per heavy atom. The second kappa shape index (κ2) is 5.26. The second-order valence-corrected chi connectivity index (χ2v) is 4.50. The number of aryl methyl sites for hydroxylation is 3. The Bertz CT molecular complexity index is 693. The molecule has 0 bridgehead atoms. The fourth-order valence-corrected chi connectivity index (χ4v) is 1.99.